The molecule has 0 rings (SSSR count). The topological polar surface area (TPSA) is 26.3 Å². The minimum atomic E-state index is 0.196. The van der Waals surface area contributed by atoms with E-state index < -0.39 is 0 Å². The van der Waals surface area contributed by atoms with Crippen LogP contribution in [0.2, 0.25) is 0 Å². The largest absolute Gasteiger partial charge is 0.381 e. The van der Waals surface area contributed by atoms with E-state index in [1.54, 1.807) is 6.92 Å². The van der Waals surface area contributed by atoms with Crippen molar-refractivity contribution in [1.29, 1.82) is 0 Å². The van der Waals surface area contributed by atoms with Crippen LogP contribution in [0.3, 0.4) is 0 Å². The van der Waals surface area contributed by atoms with E-state index in [-0.39, 0.29) is 5.12 Å². The first-order valence-electron chi connectivity index (χ1n) is 4.84. The van der Waals surface area contributed by atoms with Gasteiger partial charge in [-0.3, -0.25) is 4.79 Å². The van der Waals surface area contributed by atoms with E-state index in [2.05, 4.69) is 13.8 Å². The van der Waals surface area contributed by atoms with Crippen molar-refractivity contribution in [2.45, 2.75) is 33.6 Å². The van der Waals surface area contributed by atoms with Gasteiger partial charge in [-0.1, -0.05) is 25.6 Å². The van der Waals surface area contributed by atoms with Crippen LogP contribution in [0.15, 0.2) is 0 Å². The first kappa shape index (κ1) is 13.0. The van der Waals surface area contributed by atoms with Crippen molar-refractivity contribution in [1.82, 2.24) is 0 Å². The zero-order valence-electron chi connectivity index (χ0n) is 8.84. The van der Waals surface area contributed by atoms with Crippen LogP contribution in [0.5, 0.6) is 0 Å². The van der Waals surface area contributed by atoms with Crippen molar-refractivity contribution in [3.8, 4) is 0 Å². The average Bonchev–Trinajstić information content (AvgIpc) is 2.01. The van der Waals surface area contributed by atoms with Gasteiger partial charge >= 0.3 is 0 Å². The Bertz CT molecular complexity index is 135. The SMILES string of the molecule is CC(=O)SCCCOCCC(C)C. The lowest BCUT2D eigenvalue weighted by Crippen LogP contribution is -2.01. The molecule has 0 bridgehead atoms. The summed E-state index contributed by atoms with van der Waals surface area (Å²) >= 11 is 1.38. The predicted octanol–water partition coefficient (Wildman–Crippen LogP) is 2.72. The maximum Gasteiger partial charge on any atom is 0.185 e. The lowest BCUT2D eigenvalue weighted by atomic mass is 10.1. The zero-order valence-corrected chi connectivity index (χ0v) is 9.65. The molecule has 0 aromatic rings. The summed E-state index contributed by atoms with van der Waals surface area (Å²) < 4.78 is 5.40. The third-order valence-corrected chi connectivity index (χ3v) is 2.48. The smallest absolute Gasteiger partial charge is 0.185 e. The van der Waals surface area contributed by atoms with Crippen LogP contribution < -0.4 is 0 Å². The Balaban J connectivity index is 2.96. The Labute approximate surface area is 85.4 Å². The molecule has 0 aliphatic carbocycles. The summed E-state index contributed by atoms with van der Waals surface area (Å²) in [6.07, 6.45) is 2.10. The van der Waals surface area contributed by atoms with E-state index >= 15 is 0 Å². The van der Waals surface area contributed by atoms with E-state index in [1.807, 2.05) is 0 Å². The number of hydrogen-bond donors (Lipinski definition) is 0. The Morgan fingerprint density at radius 3 is 2.62 bits per heavy atom. The molecule has 0 aliphatic heterocycles. The van der Waals surface area contributed by atoms with E-state index in [4.69, 9.17) is 4.74 Å². The quantitative estimate of drug-likeness (QED) is 0.596. The van der Waals surface area contributed by atoms with Gasteiger partial charge in [0.1, 0.15) is 0 Å². The Morgan fingerprint density at radius 2 is 2.08 bits per heavy atom. The molecule has 0 saturated carbocycles. The standard InChI is InChI=1S/C10H20O2S/c1-9(2)5-7-12-6-4-8-13-10(3)11/h9H,4-8H2,1-3H3. The molecule has 0 N–H and O–H groups in total. The van der Waals surface area contributed by atoms with E-state index in [0.29, 0.717) is 5.92 Å². The molecule has 0 aromatic heterocycles. The first-order valence-corrected chi connectivity index (χ1v) is 5.82. The van der Waals surface area contributed by atoms with E-state index in [9.17, 15) is 4.79 Å². The van der Waals surface area contributed by atoms with Crippen LogP contribution >= 0.6 is 11.8 Å². The molecule has 13 heavy (non-hydrogen) atoms. The number of carbonyl (C=O) groups is 1. The van der Waals surface area contributed by atoms with Crippen molar-refractivity contribution in [2.24, 2.45) is 5.92 Å². The molecule has 78 valence electrons. The first-order chi connectivity index (χ1) is 6.13. The normalized spacial score (nSPS) is 10.8. The highest BCUT2D eigenvalue weighted by Gasteiger charge is 1.95. The Kier molecular flexibility index (Phi) is 8.56. The van der Waals surface area contributed by atoms with Gasteiger partial charge in [0.15, 0.2) is 5.12 Å². The predicted molar refractivity (Wildman–Crippen MR) is 58.0 cm³/mol. The van der Waals surface area contributed by atoms with Gasteiger partial charge in [0.25, 0.3) is 0 Å². The molecule has 0 aromatic carbocycles. The van der Waals surface area contributed by atoms with Crippen LogP contribution in [0.4, 0.5) is 0 Å². The van der Waals surface area contributed by atoms with Crippen LogP contribution in [0, 0.1) is 5.92 Å². The number of carbonyl (C=O) groups excluding carboxylic acids is 1. The summed E-state index contributed by atoms with van der Waals surface area (Å²) in [5, 5.41) is 0.196. The zero-order chi connectivity index (χ0) is 10.1. The van der Waals surface area contributed by atoms with Crippen molar-refractivity contribution in [3.63, 3.8) is 0 Å². The van der Waals surface area contributed by atoms with Gasteiger partial charge in [0.2, 0.25) is 0 Å². The molecule has 3 heteroatoms. The van der Waals surface area contributed by atoms with Crippen LogP contribution in [0.1, 0.15) is 33.6 Å². The highest BCUT2D eigenvalue weighted by atomic mass is 32.2. The summed E-state index contributed by atoms with van der Waals surface area (Å²) in [6, 6.07) is 0. The second kappa shape index (κ2) is 8.57. The monoisotopic (exact) mass is 204 g/mol. The fourth-order valence-corrected chi connectivity index (χ4v) is 1.35. The number of thioether (sulfide) groups is 1. The van der Waals surface area contributed by atoms with Gasteiger partial charge in [0.05, 0.1) is 0 Å². The van der Waals surface area contributed by atoms with Gasteiger partial charge < -0.3 is 4.74 Å². The molecular formula is C10H20O2S. The molecule has 0 heterocycles. The maximum atomic E-state index is 10.5. The molecule has 0 fully saturated rings. The Morgan fingerprint density at radius 1 is 1.38 bits per heavy atom. The highest BCUT2D eigenvalue weighted by Crippen LogP contribution is 2.04. The summed E-state index contributed by atoms with van der Waals surface area (Å²) in [5.74, 6) is 1.60. The van der Waals surface area contributed by atoms with Gasteiger partial charge in [-0.05, 0) is 18.8 Å². The molecule has 0 amide bonds. The van der Waals surface area contributed by atoms with Crippen molar-refractivity contribution in [3.05, 3.63) is 0 Å². The molecule has 0 unspecified atom stereocenters. The van der Waals surface area contributed by atoms with Crippen molar-refractivity contribution >= 4 is 16.9 Å². The number of rotatable bonds is 7. The summed E-state index contributed by atoms with van der Waals surface area (Å²) in [6.45, 7) is 7.61. The summed E-state index contributed by atoms with van der Waals surface area (Å²) in [5.41, 5.74) is 0. The molecule has 0 spiro atoms. The second-order valence-electron chi connectivity index (χ2n) is 3.49. The van der Waals surface area contributed by atoms with Gasteiger partial charge in [0, 0.05) is 25.9 Å². The van der Waals surface area contributed by atoms with Crippen LogP contribution in [-0.4, -0.2) is 24.1 Å². The average molecular weight is 204 g/mol. The second-order valence-corrected chi connectivity index (χ2v) is 4.76. The fourth-order valence-electron chi connectivity index (χ4n) is 0.798. The lowest BCUT2D eigenvalue weighted by Gasteiger charge is -2.05. The highest BCUT2D eigenvalue weighted by molar-refractivity contribution is 8.13. The fraction of sp³-hybridized carbons (Fsp3) is 0.900. The van der Waals surface area contributed by atoms with Crippen molar-refractivity contribution < 1.29 is 9.53 Å². The third kappa shape index (κ3) is 12.0. The summed E-state index contributed by atoms with van der Waals surface area (Å²) in [4.78, 5) is 10.5. The van der Waals surface area contributed by atoms with Gasteiger partial charge in [-0.25, -0.2) is 0 Å². The third-order valence-electron chi connectivity index (χ3n) is 1.58. The molecule has 0 radical (unpaired) electrons. The van der Waals surface area contributed by atoms with Gasteiger partial charge in [-0.15, -0.1) is 0 Å². The van der Waals surface area contributed by atoms with E-state index in [1.165, 1.54) is 11.8 Å². The number of ether oxygens (including phenoxy) is 1. The summed E-state index contributed by atoms with van der Waals surface area (Å²) in [7, 11) is 0. The van der Waals surface area contributed by atoms with Crippen molar-refractivity contribution in [2.75, 3.05) is 19.0 Å². The maximum absolute atomic E-state index is 10.5. The minimum absolute atomic E-state index is 0.196. The molecule has 0 atom stereocenters. The molecule has 0 aliphatic rings. The van der Waals surface area contributed by atoms with Crippen LogP contribution in [-0.2, 0) is 9.53 Å². The lowest BCUT2D eigenvalue weighted by molar-refractivity contribution is -0.109. The van der Waals surface area contributed by atoms with Gasteiger partial charge in [-0.2, -0.15) is 0 Å². The Hall–Kier alpha value is -0.0200. The van der Waals surface area contributed by atoms with E-state index in [0.717, 1.165) is 31.8 Å². The minimum Gasteiger partial charge on any atom is -0.381 e. The number of hydrogen-bond acceptors (Lipinski definition) is 3. The molecule has 0 saturated heterocycles. The van der Waals surface area contributed by atoms with Crippen LogP contribution in [0.25, 0.3) is 0 Å². The molecular weight excluding hydrogens is 184 g/mol. The molecule has 2 nitrogen and oxygen atoms in total.